The van der Waals surface area contributed by atoms with Gasteiger partial charge in [0.15, 0.2) is 0 Å². The predicted molar refractivity (Wildman–Crippen MR) is 65.4 cm³/mol. The van der Waals surface area contributed by atoms with Crippen LogP contribution in [0.15, 0.2) is 18.2 Å². The van der Waals surface area contributed by atoms with Gasteiger partial charge in [-0.2, -0.15) is 5.26 Å². The van der Waals surface area contributed by atoms with E-state index in [0.717, 1.165) is 18.4 Å². The minimum Gasteiger partial charge on any atom is -0.337 e. The van der Waals surface area contributed by atoms with Crippen LogP contribution in [-0.2, 0) is 0 Å². The van der Waals surface area contributed by atoms with Gasteiger partial charge in [0.1, 0.15) is 5.82 Å². The average Bonchev–Trinajstić information content (AvgIpc) is 2.37. The Labute approximate surface area is 106 Å². The van der Waals surface area contributed by atoms with Gasteiger partial charge in [0.25, 0.3) is 5.91 Å². The number of nitriles is 1. The standard InChI is InChI=1S/C14H15FN2O/c1-10-5-12(7-13(15)6-10)14(18)17-4-2-3-11(8-16)9-17/h5-7,11H,2-4,9H2,1H3. The minimum atomic E-state index is -0.396. The molecule has 0 saturated carbocycles. The van der Waals surface area contributed by atoms with E-state index < -0.39 is 5.82 Å². The van der Waals surface area contributed by atoms with E-state index in [0.29, 0.717) is 18.7 Å². The molecule has 1 amide bonds. The summed E-state index contributed by atoms with van der Waals surface area (Å²) in [7, 11) is 0. The number of rotatable bonds is 1. The third-order valence-corrected chi connectivity index (χ3v) is 3.18. The summed E-state index contributed by atoms with van der Waals surface area (Å²) in [6.07, 6.45) is 1.67. The van der Waals surface area contributed by atoms with E-state index >= 15 is 0 Å². The molecule has 1 unspecified atom stereocenters. The molecule has 3 nitrogen and oxygen atoms in total. The van der Waals surface area contributed by atoms with Gasteiger partial charge in [0.2, 0.25) is 0 Å². The summed E-state index contributed by atoms with van der Waals surface area (Å²) in [6, 6.07) is 6.53. The number of benzene rings is 1. The predicted octanol–water partition coefficient (Wildman–Crippen LogP) is 2.51. The second kappa shape index (κ2) is 5.18. The lowest BCUT2D eigenvalue weighted by molar-refractivity contribution is 0.0698. The van der Waals surface area contributed by atoms with Crippen molar-refractivity contribution < 1.29 is 9.18 Å². The molecule has 1 saturated heterocycles. The van der Waals surface area contributed by atoms with Gasteiger partial charge in [-0.25, -0.2) is 4.39 Å². The topological polar surface area (TPSA) is 44.1 Å². The Balaban J connectivity index is 2.18. The maximum Gasteiger partial charge on any atom is 0.254 e. The highest BCUT2D eigenvalue weighted by atomic mass is 19.1. The van der Waals surface area contributed by atoms with Gasteiger partial charge in [-0.3, -0.25) is 4.79 Å². The molecular weight excluding hydrogens is 231 g/mol. The molecule has 1 aliphatic heterocycles. The summed E-state index contributed by atoms with van der Waals surface area (Å²) >= 11 is 0. The number of amides is 1. The van der Waals surface area contributed by atoms with Crippen LogP contribution in [0.4, 0.5) is 4.39 Å². The Bertz CT molecular complexity index is 487. The van der Waals surface area contributed by atoms with Crippen LogP contribution in [0, 0.1) is 30.0 Å². The first-order valence-corrected chi connectivity index (χ1v) is 6.06. The van der Waals surface area contributed by atoms with Crippen LogP contribution < -0.4 is 0 Å². The molecule has 0 aromatic heterocycles. The van der Waals surface area contributed by atoms with Crippen molar-refractivity contribution in [3.05, 3.63) is 35.1 Å². The first-order valence-electron chi connectivity index (χ1n) is 6.06. The Morgan fingerprint density at radius 2 is 2.28 bits per heavy atom. The van der Waals surface area contributed by atoms with Crippen LogP contribution in [0.5, 0.6) is 0 Å². The lowest BCUT2D eigenvalue weighted by Crippen LogP contribution is -2.39. The van der Waals surface area contributed by atoms with Crippen molar-refractivity contribution in [2.75, 3.05) is 13.1 Å². The fraction of sp³-hybridized carbons (Fsp3) is 0.429. The molecule has 1 aromatic carbocycles. The van der Waals surface area contributed by atoms with Crippen LogP contribution in [0.1, 0.15) is 28.8 Å². The molecule has 4 heteroatoms. The molecule has 0 radical (unpaired) electrons. The van der Waals surface area contributed by atoms with Crippen LogP contribution >= 0.6 is 0 Å². The molecule has 1 aliphatic rings. The maximum atomic E-state index is 13.3. The summed E-state index contributed by atoms with van der Waals surface area (Å²) < 4.78 is 13.3. The highest BCUT2D eigenvalue weighted by Gasteiger charge is 2.24. The number of aryl methyl sites for hydroxylation is 1. The molecule has 0 bridgehead atoms. The summed E-state index contributed by atoms with van der Waals surface area (Å²) in [6.45, 7) is 2.85. The molecule has 1 heterocycles. The number of hydrogen-bond donors (Lipinski definition) is 0. The summed E-state index contributed by atoms with van der Waals surface area (Å²) in [5.74, 6) is -0.679. The first kappa shape index (κ1) is 12.6. The van der Waals surface area contributed by atoms with E-state index in [1.54, 1.807) is 17.9 Å². The zero-order valence-electron chi connectivity index (χ0n) is 10.3. The van der Waals surface area contributed by atoms with Crippen molar-refractivity contribution >= 4 is 5.91 Å². The number of piperidine rings is 1. The van der Waals surface area contributed by atoms with Gasteiger partial charge in [-0.05, 0) is 43.5 Å². The van der Waals surface area contributed by atoms with E-state index in [1.807, 2.05) is 0 Å². The lowest BCUT2D eigenvalue weighted by atomic mass is 9.99. The monoisotopic (exact) mass is 246 g/mol. The van der Waals surface area contributed by atoms with Crippen molar-refractivity contribution in [1.82, 2.24) is 4.90 Å². The fourth-order valence-electron chi connectivity index (χ4n) is 2.31. The first-order chi connectivity index (χ1) is 8.60. The molecular formula is C14H15FN2O. The van der Waals surface area contributed by atoms with Crippen molar-refractivity contribution in [1.29, 1.82) is 5.26 Å². The van der Waals surface area contributed by atoms with Gasteiger partial charge in [0, 0.05) is 18.7 Å². The number of nitrogens with zero attached hydrogens (tertiary/aromatic N) is 2. The van der Waals surface area contributed by atoms with E-state index in [2.05, 4.69) is 6.07 Å². The zero-order chi connectivity index (χ0) is 13.1. The van der Waals surface area contributed by atoms with Crippen molar-refractivity contribution in [2.24, 2.45) is 5.92 Å². The Morgan fingerprint density at radius 3 is 2.94 bits per heavy atom. The summed E-state index contributed by atoms with van der Waals surface area (Å²) in [5.41, 5.74) is 1.10. The van der Waals surface area contributed by atoms with Crippen molar-refractivity contribution in [2.45, 2.75) is 19.8 Å². The molecule has 0 N–H and O–H groups in total. The van der Waals surface area contributed by atoms with Gasteiger partial charge in [0.05, 0.1) is 12.0 Å². The van der Waals surface area contributed by atoms with E-state index in [9.17, 15) is 9.18 Å². The number of likely N-dealkylation sites (tertiary alicyclic amines) is 1. The smallest absolute Gasteiger partial charge is 0.254 e. The number of hydrogen-bond acceptors (Lipinski definition) is 2. The fourth-order valence-corrected chi connectivity index (χ4v) is 2.31. The van der Waals surface area contributed by atoms with Crippen LogP contribution in [0.25, 0.3) is 0 Å². The SMILES string of the molecule is Cc1cc(F)cc(C(=O)N2CCCC(C#N)C2)c1. The Morgan fingerprint density at radius 1 is 1.50 bits per heavy atom. The second-order valence-corrected chi connectivity index (χ2v) is 4.74. The van der Waals surface area contributed by atoms with Gasteiger partial charge < -0.3 is 4.90 Å². The zero-order valence-corrected chi connectivity index (χ0v) is 10.3. The Kier molecular flexibility index (Phi) is 3.61. The van der Waals surface area contributed by atoms with Crippen molar-refractivity contribution in [3.63, 3.8) is 0 Å². The lowest BCUT2D eigenvalue weighted by Gasteiger charge is -2.29. The molecule has 0 spiro atoms. The molecule has 1 atom stereocenters. The third kappa shape index (κ3) is 2.67. The molecule has 94 valence electrons. The van der Waals surface area contributed by atoms with E-state index in [1.165, 1.54) is 12.1 Å². The van der Waals surface area contributed by atoms with Gasteiger partial charge in [-0.1, -0.05) is 0 Å². The van der Waals surface area contributed by atoms with E-state index in [-0.39, 0.29) is 11.8 Å². The molecule has 1 aromatic rings. The number of carbonyl (C=O) groups is 1. The third-order valence-electron chi connectivity index (χ3n) is 3.18. The maximum absolute atomic E-state index is 13.3. The quantitative estimate of drug-likeness (QED) is 0.764. The van der Waals surface area contributed by atoms with Crippen LogP contribution in [0.3, 0.4) is 0 Å². The Hall–Kier alpha value is -1.89. The summed E-state index contributed by atoms with van der Waals surface area (Å²) in [5, 5.41) is 8.90. The van der Waals surface area contributed by atoms with Crippen LogP contribution in [-0.4, -0.2) is 23.9 Å². The van der Waals surface area contributed by atoms with Crippen molar-refractivity contribution in [3.8, 4) is 6.07 Å². The molecule has 18 heavy (non-hydrogen) atoms. The summed E-state index contributed by atoms with van der Waals surface area (Å²) in [4.78, 5) is 13.9. The molecule has 0 aliphatic carbocycles. The highest BCUT2D eigenvalue weighted by Crippen LogP contribution is 2.19. The van der Waals surface area contributed by atoms with Gasteiger partial charge >= 0.3 is 0 Å². The normalized spacial score (nSPS) is 19.4. The molecule has 1 fully saturated rings. The van der Waals surface area contributed by atoms with Crippen LogP contribution in [0.2, 0.25) is 0 Å². The number of halogens is 1. The highest BCUT2D eigenvalue weighted by molar-refractivity contribution is 5.94. The minimum absolute atomic E-state index is 0.0997. The largest absolute Gasteiger partial charge is 0.337 e. The number of carbonyl (C=O) groups excluding carboxylic acids is 1. The average molecular weight is 246 g/mol. The molecule has 2 rings (SSSR count). The van der Waals surface area contributed by atoms with E-state index in [4.69, 9.17) is 5.26 Å². The van der Waals surface area contributed by atoms with Gasteiger partial charge in [-0.15, -0.1) is 0 Å². The second-order valence-electron chi connectivity index (χ2n) is 4.74.